The lowest BCUT2D eigenvalue weighted by molar-refractivity contribution is 0.0369. The van der Waals surface area contributed by atoms with Crippen LogP contribution in [0.5, 0.6) is 23.0 Å². The van der Waals surface area contributed by atoms with E-state index in [9.17, 15) is 4.79 Å². The zero-order valence-electron chi connectivity index (χ0n) is 19.7. The van der Waals surface area contributed by atoms with Gasteiger partial charge in [0.15, 0.2) is 11.5 Å². The quantitative estimate of drug-likeness (QED) is 0.487. The second-order valence-electron chi connectivity index (χ2n) is 8.56. The van der Waals surface area contributed by atoms with Crippen molar-refractivity contribution >= 4 is 11.0 Å². The summed E-state index contributed by atoms with van der Waals surface area (Å²) in [6.45, 7) is 6.21. The van der Waals surface area contributed by atoms with E-state index in [0.29, 0.717) is 22.8 Å². The van der Waals surface area contributed by atoms with Crippen molar-refractivity contribution in [1.82, 2.24) is 4.90 Å². The maximum atomic E-state index is 12.5. The molecule has 8 heteroatoms. The van der Waals surface area contributed by atoms with E-state index < -0.39 is 5.63 Å². The Hall–Kier alpha value is -3.23. The SMILES string of the molecule is COc1cc(OC)c2c(C)cc(=O)oc2c1[C@H](CCN1CCOCC1)c1ccc2c(c1)OCO2. The molecule has 3 heterocycles. The van der Waals surface area contributed by atoms with Gasteiger partial charge in [-0.3, -0.25) is 4.90 Å². The summed E-state index contributed by atoms with van der Waals surface area (Å²) in [7, 11) is 3.23. The number of hydrogen-bond acceptors (Lipinski definition) is 8. The normalized spacial score (nSPS) is 16.6. The van der Waals surface area contributed by atoms with Crippen molar-refractivity contribution in [3.05, 3.63) is 57.4 Å². The van der Waals surface area contributed by atoms with Crippen molar-refractivity contribution in [2.75, 3.05) is 53.9 Å². The zero-order chi connectivity index (χ0) is 23.7. The number of methoxy groups -OCH3 is 2. The van der Waals surface area contributed by atoms with Crippen molar-refractivity contribution in [2.45, 2.75) is 19.3 Å². The maximum Gasteiger partial charge on any atom is 0.336 e. The first kappa shape index (κ1) is 22.6. The van der Waals surface area contributed by atoms with Crippen LogP contribution in [0.3, 0.4) is 0 Å². The van der Waals surface area contributed by atoms with Crippen LogP contribution in [-0.2, 0) is 4.74 Å². The highest BCUT2D eigenvalue weighted by Gasteiger charge is 2.28. The molecule has 1 atom stereocenters. The molecule has 34 heavy (non-hydrogen) atoms. The fraction of sp³-hybridized carbons (Fsp3) is 0.423. The predicted molar refractivity (Wildman–Crippen MR) is 127 cm³/mol. The summed E-state index contributed by atoms with van der Waals surface area (Å²) < 4.78 is 34.0. The molecule has 1 aromatic heterocycles. The second kappa shape index (κ2) is 9.56. The average molecular weight is 468 g/mol. The molecule has 0 radical (unpaired) electrons. The Labute approximate surface area is 197 Å². The largest absolute Gasteiger partial charge is 0.496 e. The maximum absolute atomic E-state index is 12.5. The minimum atomic E-state index is -0.404. The first-order valence-electron chi connectivity index (χ1n) is 11.5. The molecule has 0 bridgehead atoms. The van der Waals surface area contributed by atoms with Gasteiger partial charge in [0, 0.05) is 36.7 Å². The van der Waals surface area contributed by atoms with E-state index >= 15 is 0 Å². The van der Waals surface area contributed by atoms with Crippen molar-refractivity contribution in [1.29, 1.82) is 0 Å². The van der Waals surface area contributed by atoms with E-state index in [2.05, 4.69) is 4.90 Å². The number of morpholine rings is 1. The molecule has 0 amide bonds. The van der Waals surface area contributed by atoms with E-state index in [4.69, 9.17) is 28.1 Å². The van der Waals surface area contributed by atoms with Gasteiger partial charge < -0.3 is 28.1 Å². The fourth-order valence-electron chi connectivity index (χ4n) is 4.89. The molecule has 2 aliphatic heterocycles. The van der Waals surface area contributed by atoms with E-state index in [1.807, 2.05) is 31.2 Å². The molecular weight excluding hydrogens is 438 g/mol. The monoisotopic (exact) mass is 467 g/mol. The summed E-state index contributed by atoms with van der Waals surface area (Å²) in [4.78, 5) is 14.9. The molecule has 2 aromatic carbocycles. The Bertz CT molecular complexity index is 1250. The van der Waals surface area contributed by atoms with Gasteiger partial charge in [-0.2, -0.15) is 0 Å². The smallest absolute Gasteiger partial charge is 0.336 e. The highest BCUT2D eigenvalue weighted by Crippen LogP contribution is 2.45. The number of fused-ring (bicyclic) bond motifs is 2. The molecule has 1 fully saturated rings. The van der Waals surface area contributed by atoms with Gasteiger partial charge in [-0.25, -0.2) is 4.79 Å². The molecular formula is C26H29NO7. The van der Waals surface area contributed by atoms with Crippen LogP contribution < -0.4 is 24.6 Å². The molecule has 0 saturated carbocycles. The number of ether oxygens (including phenoxy) is 5. The van der Waals surface area contributed by atoms with E-state index in [1.54, 1.807) is 14.2 Å². The second-order valence-corrected chi connectivity index (χ2v) is 8.56. The molecule has 2 aliphatic rings. The van der Waals surface area contributed by atoms with E-state index in [1.165, 1.54) is 6.07 Å². The fourth-order valence-corrected chi connectivity index (χ4v) is 4.89. The van der Waals surface area contributed by atoms with Gasteiger partial charge in [-0.1, -0.05) is 6.07 Å². The minimum Gasteiger partial charge on any atom is -0.496 e. The third-order valence-corrected chi connectivity index (χ3v) is 6.60. The van der Waals surface area contributed by atoms with Crippen molar-refractivity contribution < 1.29 is 28.1 Å². The first-order valence-corrected chi connectivity index (χ1v) is 11.5. The highest BCUT2D eigenvalue weighted by molar-refractivity contribution is 5.92. The summed E-state index contributed by atoms with van der Waals surface area (Å²) >= 11 is 0. The molecule has 0 aliphatic carbocycles. The number of benzene rings is 2. The Kier molecular flexibility index (Phi) is 6.34. The van der Waals surface area contributed by atoms with Crippen molar-refractivity contribution in [3.8, 4) is 23.0 Å². The number of aryl methyl sites for hydroxylation is 1. The molecule has 0 spiro atoms. The van der Waals surface area contributed by atoms with E-state index in [-0.39, 0.29) is 12.7 Å². The zero-order valence-corrected chi connectivity index (χ0v) is 19.7. The van der Waals surface area contributed by atoms with Gasteiger partial charge in [0.2, 0.25) is 6.79 Å². The number of nitrogens with zero attached hydrogens (tertiary/aromatic N) is 1. The lowest BCUT2D eigenvalue weighted by Crippen LogP contribution is -2.37. The van der Waals surface area contributed by atoms with Crippen LogP contribution >= 0.6 is 0 Å². The number of hydrogen-bond donors (Lipinski definition) is 0. The average Bonchev–Trinajstić information content (AvgIpc) is 3.32. The van der Waals surface area contributed by atoms with E-state index in [0.717, 1.165) is 67.1 Å². The Balaban J connectivity index is 1.68. The minimum absolute atomic E-state index is 0.120. The molecule has 8 nitrogen and oxygen atoms in total. The highest BCUT2D eigenvalue weighted by atomic mass is 16.7. The summed E-state index contributed by atoms with van der Waals surface area (Å²) in [6.07, 6.45) is 0.787. The molecule has 5 rings (SSSR count). The van der Waals surface area contributed by atoms with Crippen LogP contribution in [0.2, 0.25) is 0 Å². The summed E-state index contributed by atoms with van der Waals surface area (Å²) in [5, 5.41) is 0.773. The first-order chi connectivity index (χ1) is 16.6. The van der Waals surface area contributed by atoms with Gasteiger partial charge in [-0.15, -0.1) is 0 Å². The van der Waals surface area contributed by atoms with Gasteiger partial charge in [-0.05, 0) is 43.1 Å². The third-order valence-electron chi connectivity index (χ3n) is 6.60. The van der Waals surface area contributed by atoms with Crippen LogP contribution in [0.4, 0.5) is 0 Å². The molecule has 0 N–H and O–H groups in total. The van der Waals surface area contributed by atoms with Crippen LogP contribution in [-0.4, -0.2) is 58.8 Å². The molecule has 0 unspecified atom stereocenters. The molecule has 1 saturated heterocycles. The Morgan fingerprint density at radius 2 is 1.76 bits per heavy atom. The standard InChI is InChI=1S/C26H29NO7/c1-16-12-23(28)34-26-24(16)21(29-2)14-22(30-3)25(26)18(6-7-27-8-10-31-11-9-27)17-4-5-19-20(13-17)33-15-32-19/h4-5,12-14,18H,6-11,15H2,1-3H3/t18-/m1/s1. The van der Waals surface area contributed by atoms with Crippen molar-refractivity contribution in [3.63, 3.8) is 0 Å². The van der Waals surface area contributed by atoms with Crippen molar-refractivity contribution in [2.24, 2.45) is 0 Å². The van der Waals surface area contributed by atoms with Gasteiger partial charge in [0.1, 0.15) is 17.1 Å². The van der Waals surface area contributed by atoms with Gasteiger partial charge in [0.05, 0.1) is 32.8 Å². The van der Waals surface area contributed by atoms with Crippen LogP contribution in [0.25, 0.3) is 11.0 Å². The predicted octanol–water partition coefficient (Wildman–Crippen LogP) is 3.70. The lowest BCUT2D eigenvalue weighted by atomic mass is 9.85. The molecule has 3 aromatic rings. The van der Waals surface area contributed by atoms with Gasteiger partial charge in [0.25, 0.3) is 0 Å². The summed E-state index contributed by atoms with van der Waals surface area (Å²) in [5.41, 5.74) is 2.74. The lowest BCUT2D eigenvalue weighted by Gasteiger charge is -2.29. The topological polar surface area (TPSA) is 79.6 Å². The summed E-state index contributed by atoms with van der Waals surface area (Å²) in [6, 6.07) is 9.35. The van der Waals surface area contributed by atoms with Crippen LogP contribution in [0, 0.1) is 6.92 Å². The van der Waals surface area contributed by atoms with Gasteiger partial charge >= 0.3 is 5.63 Å². The Morgan fingerprint density at radius 1 is 1.00 bits per heavy atom. The van der Waals surface area contributed by atoms with Crippen LogP contribution in [0.1, 0.15) is 29.0 Å². The van der Waals surface area contributed by atoms with Crippen LogP contribution in [0.15, 0.2) is 39.5 Å². The number of rotatable bonds is 7. The summed E-state index contributed by atoms with van der Waals surface area (Å²) in [5.74, 6) is 2.54. The Morgan fingerprint density at radius 3 is 2.53 bits per heavy atom. The third kappa shape index (κ3) is 4.19. The molecule has 180 valence electrons.